The molecule has 14 heteroatoms. The van der Waals surface area contributed by atoms with Crippen molar-refractivity contribution in [3.8, 4) is 11.1 Å². The lowest BCUT2D eigenvalue weighted by Crippen LogP contribution is -2.32. The van der Waals surface area contributed by atoms with E-state index in [-0.39, 0.29) is 31.5 Å². The molecule has 0 unspecified atom stereocenters. The number of hydrogen-bond donors (Lipinski definition) is 2. The molecule has 0 aromatic heterocycles. The van der Waals surface area contributed by atoms with Crippen LogP contribution >= 0.6 is 46.4 Å². The summed E-state index contributed by atoms with van der Waals surface area (Å²) < 4.78 is 0. The Bertz CT molecular complexity index is 1940. The average molecular weight is 755 g/mol. The third-order valence-electron chi connectivity index (χ3n) is 7.47. The summed E-state index contributed by atoms with van der Waals surface area (Å²) in [6.07, 6.45) is 0. The highest BCUT2D eigenvalue weighted by Crippen LogP contribution is 2.43. The Morgan fingerprint density at radius 2 is 0.900 bits per heavy atom. The summed E-state index contributed by atoms with van der Waals surface area (Å²) in [6.45, 7) is 10.0. The fraction of sp³-hybridized carbons (Fsp3) is 0.222. The lowest BCUT2D eigenvalue weighted by Gasteiger charge is -2.13. The smallest absolute Gasteiger partial charge is 0.258 e. The zero-order valence-corrected chi connectivity index (χ0v) is 30.9. The van der Waals surface area contributed by atoms with Crippen molar-refractivity contribution in [2.75, 3.05) is 10.6 Å². The predicted molar refractivity (Wildman–Crippen MR) is 199 cm³/mol. The first-order chi connectivity index (χ1) is 23.5. The van der Waals surface area contributed by atoms with Gasteiger partial charge in [0, 0.05) is 22.5 Å². The van der Waals surface area contributed by atoms with Crippen LogP contribution in [0.3, 0.4) is 0 Å². The number of hydrogen-bond acceptors (Lipinski definition) is 8. The molecule has 0 bridgehead atoms. The number of rotatable bonds is 11. The molecule has 4 aromatic carbocycles. The minimum atomic E-state index is -1.43. The van der Waals surface area contributed by atoms with E-state index in [0.29, 0.717) is 22.5 Å². The number of nitrogens with one attached hydrogen (secondary N) is 2. The first kappa shape index (κ1) is 38.3. The van der Waals surface area contributed by atoms with Crippen molar-refractivity contribution in [1.82, 2.24) is 0 Å². The Labute approximate surface area is 309 Å². The van der Waals surface area contributed by atoms with E-state index in [1.54, 1.807) is 12.1 Å². The van der Waals surface area contributed by atoms with Gasteiger partial charge in [-0.3, -0.25) is 19.2 Å². The summed E-state index contributed by atoms with van der Waals surface area (Å²) in [5.74, 6) is -2.35. The third kappa shape index (κ3) is 9.39. The number of nitrogens with zero attached hydrogens (tertiary/aromatic N) is 4. The number of amides is 2. The summed E-state index contributed by atoms with van der Waals surface area (Å²) in [5, 5.41) is 22.0. The number of benzene rings is 4. The largest absolute Gasteiger partial charge is 0.324 e. The van der Waals surface area contributed by atoms with Crippen LogP contribution in [0, 0.1) is 27.7 Å². The van der Waals surface area contributed by atoms with E-state index in [2.05, 4.69) is 31.1 Å². The Kier molecular flexibility index (Phi) is 12.6. The molecule has 2 N–H and O–H groups in total. The maximum Gasteiger partial charge on any atom is 0.258 e. The molecule has 2 amide bonds. The van der Waals surface area contributed by atoms with Crippen LogP contribution in [0.2, 0.25) is 20.1 Å². The zero-order chi connectivity index (χ0) is 36.9. The molecule has 10 nitrogen and oxygen atoms in total. The van der Waals surface area contributed by atoms with Crippen LogP contribution in [0.4, 0.5) is 22.7 Å². The van der Waals surface area contributed by atoms with Crippen molar-refractivity contribution in [3.05, 3.63) is 103 Å². The topological polar surface area (TPSA) is 142 Å². The van der Waals surface area contributed by atoms with Gasteiger partial charge in [0.1, 0.15) is 11.4 Å². The van der Waals surface area contributed by atoms with E-state index >= 15 is 0 Å². The van der Waals surface area contributed by atoms with Crippen LogP contribution in [0.15, 0.2) is 81.1 Å². The summed E-state index contributed by atoms with van der Waals surface area (Å²) in [6, 6.07) is 13.9. The first-order valence-electron chi connectivity index (χ1n) is 15.1. The van der Waals surface area contributed by atoms with Crippen LogP contribution in [0.1, 0.15) is 36.1 Å². The number of anilines is 2. The summed E-state index contributed by atoms with van der Waals surface area (Å²) in [4.78, 5) is 50.5. The molecule has 0 fully saturated rings. The lowest BCUT2D eigenvalue weighted by molar-refractivity contribution is -0.127. The molecule has 4 aromatic rings. The van der Waals surface area contributed by atoms with Gasteiger partial charge in [0.25, 0.3) is 11.8 Å². The van der Waals surface area contributed by atoms with Gasteiger partial charge >= 0.3 is 0 Å². The number of Topliss-reactive ketones (excluding diaryl/α,β-unsaturated/α-hetero) is 2. The second-order valence-corrected chi connectivity index (χ2v) is 13.3. The molecule has 50 heavy (non-hydrogen) atoms. The van der Waals surface area contributed by atoms with E-state index < -0.39 is 35.5 Å². The third-order valence-corrected chi connectivity index (χ3v) is 8.70. The van der Waals surface area contributed by atoms with Crippen LogP contribution in [0.5, 0.6) is 0 Å². The van der Waals surface area contributed by atoms with Crippen molar-refractivity contribution < 1.29 is 19.2 Å². The Balaban J connectivity index is 1.55. The van der Waals surface area contributed by atoms with Gasteiger partial charge in [0.05, 0.1) is 20.1 Å². The van der Waals surface area contributed by atoms with Crippen molar-refractivity contribution in [3.63, 3.8) is 0 Å². The maximum atomic E-state index is 12.9. The quantitative estimate of drug-likeness (QED) is 0.116. The molecular formula is C36H32Cl4N6O4. The van der Waals surface area contributed by atoms with Gasteiger partial charge in [-0.1, -0.05) is 81.8 Å². The van der Waals surface area contributed by atoms with Crippen LogP contribution < -0.4 is 10.6 Å². The number of carbonyl (C=O) groups excluding carboxylic acids is 4. The normalized spacial score (nSPS) is 12.6. The molecule has 0 aliphatic carbocycles. The van der Waals surface area contributed by atoms with Crippen LogP contribution in [-0.2, 0) is 19.2 Å². The van der Waals surface area contributed by atoms with Crippen molar-refractivity contribution in [2.24, 2.45) is 20.5 Å². The number of aryl methyl sites for hydroxylation is 4. The molecule has 0 heterocycles. The number of azo groups is 2. The Morgan fingerprint density at radius 3 is 1.22 bits per heavy atom. The molecular weight excluding hydrogens is 722 g/mol. The second kappa shape index (κ2) is 16.5. The molecule has 0 aliphatic heterocycles. The van der Waals surface area contributed by atoms with Gasteiger partial charge in [-0.05, 0) is 89.1 Å². The van der Waals surface area contributed by atoms with Crippen molar-refractivity contribution in [1.29, 1.82) is 0 Å². The summed E-state index contributed by atoms with van der Waals surface area (Å²) >= 11 is 26.3. The van der Waals surface area contributed by atoms with Crippen molar-refractivity contribution in [2.45, 2.75) is 53.6 Å². The lowest BCUT2D eigenvalue weighted by atomic mass is 10.0. The van der Waals surface area contributed by atoms with E-state index in [4.69, 9.17) is 46.4 Å². The van der Waals surface area contributed by atoms with Crippen LogP contribution in [-0.4, -0.2) is 35.5 Å². The highest BCUT2D eigenvalue weighted by atomic mass is 35.5. The predicted octanol–water partition coefficient (Wildman–Crippen LogP) is 10.6. The van der Waals surface area contributed by atoms with E-state index in [1.165, 1.54) is 38.1 Å². The minimum absolute atomic E-state index is 0.0975. The van der Waals surface area contributed by atoms with Gasteiger partial charge in [0.15, 0.2) is 11.6 Å². The highest BCUT2D eigenvalue weighted by Gasteiger charge is 2.25. The molecule has 0 saturated carbocycles. The molecule has 258 valence electrons. The first-order valence-corrected chi connectivity index (χ1v) is 16.6. The van der Waals surface area contributed by atoms with Crippen LogP contribution in [0.25, 0.3) is 11.1 Å². The van der Waals surface area contributed by atoms with Gasteiger partial charge in [-0.25, -0.2) is 0 Å². The Hall–Kier alpha value is -4.48. The SMILES string of the molecule is CC(=O)[C@@H](N=Nc1cc(Cl)c(-c2cc(Cl)c(N=N[C@@H](C(C)=O)C(=O)Nc3ccc(C)cc3C)cc2Cl)cc1Cl)C(=O)Nc1ccc(C)cc1C. The molecule has 2 atom stereocenters. The molecule has 4 rings (SSSR count). The fourth-order valence-corrected chi connectivity index (χ4v) is 5.75. The summed E-state index contributed by atoms with van der Waals surface area (Å²) in [7, 11) is 0. The molecule has 0 radical (unpaired) electrons. The number of halogens is 4. The minimum Gasteiger partial charge on any atom is -0.324 e. The van der Waals surface area contributed by atoms with E-state index in [1.807, 2.05) is 52.0 Å². The monoisotopic (exact) mass is 752 g/mol. The number of carbonyl (C=O) groups is 4. The van der Waals surface area contributed by atoms with E-state index in [0.717, 1.165) is 22.3 Å². The standard InChI is InChI=1S/C36H32Cl4N6O4/c1-17-7-9-29(19(3)11-17)41-35(49)33(21(5)47)45-43-31-15-25(37)23(13-27(31)39)24-14-28(40)32(16-26(24)38)44-46-34(22(6)48)36(50)42-30-10-8-18(2)12-20(30)4/h7-16,33-34H,1-6H3,(H,41,49)(H,42,50)/t33-,34+. The van der Waals surface area contributed by atoms with Crippen molar-refractivity contribution >= 4 is 92.5 Å². The highest BCUT2D eigenvalue weighted by molar-refractivity contribution is 6.40. The zero-order valence-electron chi connectivity index (χ0n) is 27.9. The average Bonchev–Trinajstić information content (AvgIpc) is 3.02. The van der Waals surface area contributed by atoms with Gasteiger partial charge in [-0.2, -0.15) is 20.5 Å². The summed E-state index contributed by atoms with van der Waals surface area (Å²) in [5.41, 5.74) is 5.78. The molecule has 0 aliphatic rings. The second-order valence-electron chi connectivity index (χ2n) is 11.6. The molecule has 0 spiro atoms. The Morgan fingerprint density at radius 1 is 0.540 bits per heavy atom. The fourth-order valence-electron chi connectivity index (χ4n) is 4.83. The van der Waals surface area contributed by atoms with Gasteiger partial charge < -0.3 is 10.6 Å². The van der Waals surface area contributed by atoms with E-state index in [9.17, 15) is 19.2 Å². The number of ketones is 2. The maximum absolute atomic E-state index is 12.9. The van der Waals surface area contributed by atoms with Gasteiger partial charge in [-0.15, -0.1) is 0 Å². The van der Waals surface area contributed by atoms with Gasteiger partial charge in [0.2, 0.25) is 12.1 Å². The molecule has 0 saturated heterocycles.